The minimum atomic E-state index is -4.48. The van der Waals surface area contributed by atoms with Gasteiger partial charge in [0.15, 0.2) is 0 Å². The molecule has 2 nitrogen and oxygen atoms in total. The second-order valence-electron chi connectivity index (χ2n) is 3.59. The summed E-state index contributed by atoms with van der Waals surface area (Å²) < 4.78 is 38.1. The summed E-state index contributed by atoms with van der Waals surface area (Å²) in [5, 5.41) is 0.770. The van der Waals surface area contributed by atoms with Crippen molar-refractivity contribution in [3.8, 4) is 0 Å². The summed E-state index contributed by atoms with van der Waals surface area (Å²) >= 11 is 3.24. The predicted molar refractivity (Wildman–Crippen MR) is 69.7 cm³/mol. The van der Waals surface area contributed by atoms with Gasteiger partial charge in [0.25, 0.3) is 0 Å². The number of pyridine rings is 1. The lowest BCUT2D eigenvalue weighted by Gasteiger charge is -2.15. The van der Waals surface area contributed by atoms with Crippen LogP contribution in [0.3, 0.4) is 0 Å². The van der Waals surface area contributed by atoms with Gasteiger partial charge in [-0.2, -0.15) is 13.2 Å². The number of fused-ring (bicyclic) bond motifs is 1. The number of nitrogens with zero attached hydrogens (tertiary/aromatic N) is 1. The first-order valence-electron chi connectivity index (χ1n) is 4.76. The molecule has 1 atom stereocenters. The van der Waals surface area contributed by atoms with Crippen molar-refractivity contribution in [2.75, 3.05) is 0 Å². The quantitative estimate of drug-likeness (QED) is 0.852. The van der Waals surface area contributed by atoms with Gasteiger partial charge in [0, 0.05) is 9.86 Å². The van der Waals surface area contributed by atoms with Crippen LogP contribution >= 0.6 is 28.3 Å². The molecule has 2 aromatic rings. The minimum absolute atomic E-state index is 0. The molecular formula is C11H9BrClF3N2. The Bertz CT molecular complexity index is 559. The number of benzene rings is 1. The maximum Gasteiger partial charge on any atom is 0.409 e. The number of aromatic nitrogens is 1. The number of rotatable bonds is 1. The normalized spacial score (nSPS) is 13.2. The Balaban J connectivity index is 0.00000162. The molecule has 0 unspecified atom stereocenters. The number of halogens is 5. The van der Waals surface area contributed by atoms with Crippen LogP contribution in [-0.4, -0.2) is 11.2 Å². The second kappa shape index (κ2) is 5.42. The van der Waals surface area contributed by atoms with E-state index in [1.807, 2.05) is 0 Å². The highest BCUT2D eigenvalue weighted by molar-refractivity contribution is 9.10. The largest absolute Gasteiger partial charge is 0.409 e. The maximum absolute atomic E-state index is 12.4. The van der Waals surface area contributed by atoms with Gasteiger partial charge in [-0.3, -0.25) is 4.98 Å². The van der Waals surface area contributed by atoms with Gasteiger partial charge in [-0.25, -0.2) is 0 Å². The standard InChI is InChI=1S/C11H8BrF3N2.ClH/c12-7-3-1-6-2-4-8(17-9(6)5-7)10(16)11(13,14)15;/h1-5,10H,16H2;1H/t10-;/m0./s1. The maximum atomic E-state index is 12.4. The Morgan fingerprint density at radius 2 is 1.78 bits per heavy atom. The Kier molecular flexibility index (Phi) is 4.58. The highest BCUT2D eigenvalue weighted by Crippen LogP contribution is 2.30. The van der Waals surface area contributed by atoms with Crippen LogP contribution in [0.1, 0.15) is 11.7 Å². The molecule has 0 saturated carbocycles. The Labute approximate surface area is 116 Å². The summed E-state index contributed by atoms with van der Waals surface area (Å²) in [6, 6.07) is 6.06. The average molecular weight is 342 g/mol. The zero-order valence-corrected chi connectivity index (χ0v) is 11.3. The van der Waals surface area contributed by atoms with Crippen LogP contribution in [0.2, 0.25) is 0 Å². The van der Waals surface area contributed by atoms with E-state index in [-0.39, 0.29) is 18.1 Å². The van der Waals surface area contributed by atoms with Crippen LogP contribution in [0.5, 0.6) is 0 Å². The van der Waals surface area contributed by atoms with E-state index in [9.17, 15) is 13.2 Å². The number of alkyl halides is 3. The lowest BCUT2D eigenvalue weighted by atomic mass is 10.1. The monoisotopic (exact) mass is 340 g/mol. The van der Waals surface area contributed by atoms with E-state index in [4.69, 9.17) is 5.73 Å². The fourth-order valence-electron chi connectivity index (χ4n) is 1.45. The lowest BCUT2D eigenvalue weighted by Crippen LogP contribution is -2.29. The molecule has 0 bridgehead atoms. The van der Waals surface area contributed by atoms with E-state index in [2.05, 4.69) is 20.9 Å². The van der Waals surface area contributed by atoms with Crippen molar-refractivity contribution in [2.45, 2.75) is 12.2 Å². The van der Waals surface area contributed by atoms with Crippen molar-refractivity contribution in [2.24, 2.45) is 5.73 Å². The molecule has 98 valence electrons. The molecule has 1 heterocycles. The highest BCUT2D eigenvalue weighted by Gasteiger charge is 2.38. The molecule has 2 rings (SSSR count). The topological polar surface area (TPSA) is 38.9 Å². The van der Waals surface area contributed by atoms with Crippen molar-refractivity contribution in [3.63, 3.8) is 0 Å². The molecule has 0 radical (unpaired) electrons. The zero-order chi connectivity index (χ0) is 12.6. The summed E-state index contributed by atoms with van der Waals surface area (Å²) in [5.74, 6) is 0. The summed E-state index contributed by atoms with van der Waals surface area (Å²) in [6.45, 7) is 0. The first-order valence-corrected chi connectivity index (χ1v) is 5.56. The average Bonchev–Trinajstić information content (AvgIpc) is 2.25. The van der Waals surface area contributed by atoms with Crippen LogP contribution in [-0.2, 0) is 0 Å². The van der Waals surface area contributed by atoms with Gasteiger partial charge in [-0.05, 0) is 18.2 Å². The first kappa shape index (κ1) is 15.2. The smallest absolute Gasteiger partial charge is 0.315 e. The third kappa shape index (κ3) is 3.13. The van der Waals surface area contributed by atoms with Gasteiger partial charge in [0.2, 0.25) is 0 Å². The molecule has 0 saturated heterocycles. The Morgan fingerprint density at radius 3 is 2.39 bits per heavy atom. The molecule has 0 aliphatic carbocycles. The molecule has 1 aromatic heterocycles. The molecular weight excluding hydrogens is 332 g/mol. The minimum Gasteiger partial charge on any atom is -0.315 e. The van der Waals surface area contributed by atoms with Crippen molar-refractivity contribution >= 4 is 39.2 Å². The zero-order valence-electron chi connectivity index (χ0n) is 8.91. The van der Waals surface area contributed by atoms with E-state index < -0.39 is 12.2 Å². The number of nitrogens with two attached hydrogens (primary N) is 1. The van der Waals surface area contributed by atoms with Gasteiger partial charge in [-0.15, -0.1) is 12.4 Å². The molecule has 2 N–H and O–H groups in total. The lowest BCUT2D eigenvalue weighted by molar-refractivity contribution is -0.149. The molecule has 1 aromatic carbocycles. The van der Waals surface area contributed by atoms with E-state index in [0.717, 1.165) is 9.86 Å². The van der Waals surface area contributed by atoms with Crippen LogP contribution in [0.25, 0.3) is 10.9 Å². The highest BCUT2D eigenvalue weighted by atomic mass is 79.9. The molecule has 0 amide bonds. The fourth-order valence-corrected chi connectivity index (χ4v) is 1.80. The van der Waals surface area contributed by atoms with Crippen molar-refractivity contribution in [1.29, 1.82) is 0 Å². The molecule has 0 spiro atoms. The number of hydrogen-bond donors (Lipinski definition) is 1. The molecule has 7 heteroatoms. The van der Waals surface area contributed by atoms with Crippen molar-refractivity contribution in [1.82, 2.24) is 4.98 Å². The van der Waals surface area contributed by atoms with E-state index >= 15 is 0 Å². The SMILES string of the molecule is Cl.N[C@@H](c1ccc2ccc(Br)cc2n1)C(F)(F)F. The second-order valence-corrected chi connectivity index (χ2v) is 4.51. The van der Waals surface area contributed by atoms with Gasteiger partial charge >= 0.3 is 6.18 Å². The van der Waals surface area contributed by atoms with Crippen molar-refractivity contribution < 1.29 is 13.2 Å². The predicted octanol–water partition coefficient (Wildman–Crippen LogP) is 3.98. The molecule has 18 heavy (non-hydrogen) atoms. The fraction of sp³-hybridized carbons (Fsp3) is 0.182. The van der Waals surface area contributed by atoms with Crippen LogP contribution < -0.4 is 5.73 Å². The summed E-state index contributed by atoms with van der Waals surface area (Å²) in [6.07, 6.45) is -4.48. The van der Waals surface area contributed by atoms with Gasteiger partial charge < -0.3 is 5.73 Å². The molecule has 0 aliphatic heterocycles. The van der Waals surface area contributed by atoms with Crippen LogP contribution in [0.4, 0.5) is 13.2 Å². The van der Waals surface area contributed by atoms with E-state index in [1.54, 1.807) is 24.3 Å². The third-order valence-corrected chi connectivity index (χ3v) is 2.84. The summed E-state index contributed by atoms with van der Waals surface area (Å²) in [5.41, 5.74) is 5.41. The van der Waals surface area contributed by atoms with Crippen LogP contribution in [0.15, 0.2) is 34.8 Å². The molecule has 0 aliphatic rings. The van der Waals surface area contributed by atoms with Gasteiger partial charge in [0.05, 0.1) is 11.2 Å². The van der Waals surface area contributed by atoms with Crippen LogP contribution in [0, 0.1) is 0 Å². The van der Waals surface area contributed by atoms with E-state index in [1.165, 1.54) is 6.07 Å². The van der Waals surface area contributed by atoms with E-state index in [0.29, 0.717) is 5.52 Å². The summed E-state index contributed by atoms with van der Waals surface area (Å²) in [4.78, 5) is 3.93. The molecule has 0 fully saturated rings. The Hall–Kier alpha value is -0.850. The summed E-state index contributed by atoms with van der Waals surface area (Å²) in [7, 11) is 0. The van der Waals surface area contributed by atoms with Gasteiger partial charge in [-0.1, -0.05) is 28.1 Å². The van der Waals surface area contributed by atoms with Gasteiger partial charge in [0.1, 0.15) is 6.04 Å². The van der Waals surface area contributed by atoms with Crippen molar-refractivity contribution in [3.05, 3.63) is 40.5 Å². The number of hydrogen-bond acceptors (Lipinski definition) is 2. The third-order valence-electron chi connectivity index (χ3n) is 2.35. The Morgan fingerprint density at radius 1 is 1.17 bits per heavy atom. The first-order chi connectivity index (χ1) is 7.88.